The van der Waals surface area contributed by atoms with E-state index in [1.165, 1.54) is 25.3 Å². The van der Waals surface area contributed by atoms with Crippen molar-refractivity contribution in [3.63, 3.8) is 0 Å². The Bertz CT molecular complexity index is 1160. The van der Waals surface area contributed by atoms with Gasteiger partial charge in [-0.3, -0.25) is 4.79 Å². The lowest BCUT2D eigenvalue weighted by molar-refractivity contribution is -0.132. The van der Waals surface area contributed by atoms with Crippen LogP contribution in [0.5, 0.6) is 11.5 Å². The van der Waals surface area contributed by atoms with Crippen LogP contribution in [0, 0.1) is 9.39 Å². The van der Waals surface area contributed by atoms with Crippen molar-refractivity contribution in [2.24, 2.45) is 0 Å². The lowest BCUT2D eigenvalue weighted by atomic mass is 10.1. The number of hydrogen-bond acceptors (Lipinski definition) is 4. The zero-order chi connectivity index (χ0) is 23.1. The maximum absolute atomic E-state index is 13.4. The largest absolute Gasteiger partial charge is 0.493 e. The SMILES string of the molecule is COc1cc(/C=C(/NC(=O)c2ccccc2)C(=O)O)cc(I)c1OCc1cccc(F)c1. The molecule has 0 bridgehead atoms. The van der Waals surface area contributed by atoms with Gasteiger partial charge in [0.25, 0.3) is 5.91 Å². The fraction of sp³-hybridized carbons (Fsp3) is 0.0833. The van der Waals surface area contributed by atoms with Crippen LogP contribution in [0.1, 0.15) is 21.5 Å². The van der Waals surface area contributed by atoms with Crippen LogP contribution in [0.4, 0.5) is 4.39 Å². The molecule has 0 aliphatic heterocycles. The molecule has 0 fully saturated rings. The van der Waals surface area contributed by atoms with Crippen molar-refractivity contribution in [3.05, 3.63) is 98.5 Å². The lowest BCUT2D eigenvalue weighted by Gasteiger charge is -2.14. The van der Waals surface area contributed by atoms with E-state index in [0.29, 0.717) is 31.8 Å². The van der Waals surface area contributed by atoms with Crippen LogP contribution in [-0.2, 0) is 11.4 Å². The molecule has 3 aromatic rings. The van der Waals surface area contributed by atoms with Crippen LogP contribution >= 0.6 is 22.6 Å². The molecule has 32 heavy (non-hydrogen) atoms. The summed E-state index contributed by atoms with van der Waals surface area (Å²) >= 11 is 2.04. The highest BCUT2D eigenvalue weighted by Gasteiger charge is 2.16. The van der Waals surface area contributed by atoms with Crippen LogP contribution in [0.2, 0.25) is 0 Å². The Kier molecular flexibility index (Phi) is 7.82. The Morgan fingerprint density at radius 1 is 1.09 bits per heavy atom. The monoisotopic (exact) mass is 547 g/mol. The first kappa shape index (κ1) is 23.3. The summed E-state index contributed by atoms with van der Waals surface area (Å²) in [7, 11) is 1.46. The molecule has 0 atom stereocenters. The van der Waals surface area contributed by atoms with Crippen molar-refractivity contribution >= 4 is 40.5 Å². The summed E-state index contributed by atoms with van der Waals surface area (Å²) in [6, 6.07) is 17.7. The molecule has 6 nitrogen and oxygen atoms in total. The van der Waals surface area contributed by atoms with Gasteiger partial charge in [0.05, 0.1) is 10.7 Å². The number of ether oxygens (including phenoxy) is 2. The summed E-state index contributed by atoms with van der Waals surface area (Å²) in [6.45, 7) is 0.132. The van der Waals surface area contributed by atoms with Gasteiger partial charge in [0.15, 0.2) is 11.5 Å². The molecule has 1 amide bonds. The van der Waals surface area contributed by atoms with Crippen LogP contribution in [0.25, 0.3) is 6.08 Å². The van der Waals surface area contributed by atoms with Gasteiger partial charge in [-0.1, -0.05) is 30.3 Å². The maximum Gasteiger partial charge on any atom is 0.352 e. The number of carbonyl (C=O) groups excluding carboxylic acids is 1. The third-order valence-corrected chi connectivity index (χ3v) is 5.15. The first-order valence-electron chi connectivity index (χ1n) is 9.43. The molecule has 3 rings (SSSR count). The molecular weight excluding hydrogens is 528 g/mol. The molecule has 3 aromatic carbocycles. The van der Waals surface area contributed by atoms with Crippen molar-refractivity contribution in [2.75, 3.05) is 7.11 Å². The van der Waals surface area contributed by atoms with Gasteiger partial charge in [-0.2, -0.15) is 0 Å². The number of rotatable bonds is 8. The van der Waals surface area contributed by atoms with Gasteiger partial charge in [-0.25, -0.2) is 9.18 Å². The van der Waals surface area contributed by atoms with Crippen LogP contribution in [-0.4, -0.2) is 24.1 Å². The molecule has 2 N–H and O–H groups in total. The Labute approximate surface area is 197 Å². The number of aliphatic carboxylic acids is 1. The van der Waals surface area contributed by atoms with Gasteiger partial charge in [-0.05, 0) is 76.2 Å². The van der Waals surface area contributed by atoms with Gasteiger partial charge in [0.1, 0.15) is 18.1 Å². The van der Waals surface area contributed by atoms with Crippen LogP contribution in [0.15, 0.2) is 72.4 Å². The summed E-state index contributed by atoms with van der Waals surface area (Å²) in [5.41, 5.74) is 1.21. The standard InChI is InChI=1S/C24H19FINO5/c1-31-21-13-16(11-19(26)22(21)32-14-15-6-5-9-18(25)10-15)12-20(24(29)30)27-23(28)17-7-3-2-4-8-17/h2-13H,14H2,1H3,(H,27,28)(H,29,30)/b20-12+. The number of hydrogen-bond donors (Lipinski definition) is 2. The molecule has 0 saturated heterocycles. The fourth-order valence-corrected chi connectivity index (χ4v) is 3.63. The zero-order valence-corrected chi connectivity index (χ0v) is 19.1. The normalized spacial score (nSPS) is 11.0. The molecule has 164 valence electrons. The molecular formula is C24H19FINO5. The van der Waals surface area contributed by atoms with E-state index in [2.05, 4.69) is 5.32 Å². The van der Waals surface area contributed by atoms with Crippen molar-refractivity contribution in [3.8, 4) is 11.5 Å². The molecule has 0 unspecified atom stereocenters. The Morgan fingerprint density at radius 3 is 2.50 bits per heavy atom. The minimum atomic E-state index is -1.28. The second-order valence-corrected chi connectivity index (χ2v) is 7.80. The summed E-state index contributed by atoms with van der Waals surface area (Å²) < 4.78 is 25.3. The van der Waals surface area contributed by atoms with Gasteiger partial charge >= 0.3 is 5.97 Å². The summed E-state index contributed by atoms with van der Waals surface area (Å²) in [6.07, 6.45) is 1.34. The third-order valence-electron chi connectivity index (χ3n) is 4.35. The maximum atomic E-state index is 13.4. The zero-order valence-electron chi connectivity index (χ0n) is 17.0. The van der Waals surface area contributed by atoms with E-state index >= 15 is 0 Å². The number of carbonyl (C=O) groups is 2. The second-order valence-electron chi connectivity index (χ2n) is 6.64. The van der Waals surface area contributed by atoms with Gasteiger partial charge in [0.2, 0.25) is 0 Å². The van der Waals surface area contributed by atoms with Crippen molar-refractivity contribution in [1.29, 1.82) is 0 Å². The Balaban J connectivity index is 1.84. The molecule has 8 heteroatoms. The minimum Gasteiger partial charge on any atom is -0.493 e. The van der Waals surface area contributed by atoms with Gasteiger partial charge < -0.3 is 19.9 Å². The number of methoxy groups -OCH3 is 1. The molecule has 0 radical (unpaired) electrons. The fourth-order valence-electron chi connectivity index (χ4n) is 2.85. The summed E-state index contributed by atoms with van der Waals surface area (Å²) in [4.78, 5) is 24.0. The molecule has 0 aromatic heterocycles. The van der Waals surface area contributed by atoms with Gasteiger partial charge in [-0.15, -0.1) is 0 Å². The number of carboxylic acids is 1. The first-order valence-corrected chi connectivity index (χ1v) is 10.5. The highest BCUT2D eigenvalue weighted by atomic mass is 127. The van der Waals surface area contributed by atoms with E-state index < -0.39 is 11.9 Å². The molecule has 0 spiro atoms. The van der Waals surface area contributed by atoms with Crippen molar-refractivity contribution < 1.29 is 28.6 Å². The summed E-state index contributed by atoms with van der Waals surface area (Å²) in [5, 5.41) is 12.0. The Morgan fingerprint density at radius 2 is 1.84 bits per heavy atom. The van der Waals surface area contributed by atoms with E-state index in [9.17, 15) is 19.1 Å². The smallest absolute Gasteiger partial charge is 0.352 e. The highest BCUT2D eigenvalue weighted by Crippen LogP contribution is 2.35. The average molecular weight is 547 g/mol. The number of nitrogens with one attached hydrogen (secondary N) is 1. The van der Waals surface area contributed by atoms with E-state index in [4.69, 9.17) is 9.47 Å². The van der Waals surface area contributed by atoms with Crippen molar-refractivity contribution in [2.45, 2.75) is 6.61 Å². The van der Waals surface area contributed by atoms with E-state index in [1.807, 2.05) is 22.6 Å². The van der Waals surface area contributed by atoms with E-state index in [-0.39, 0.29) is 18.1 Å². The van der Waals surface area contributed by atoms with E-state index in [1.54, 1.807) is 54.6 Å². The lowest BCUT2D eigenvalue weighted by Crippen LogP contribution is -2.27. The third kappa shape index (κ3) is 6.07. The Hall–Kier alpha value is -3.40. The highest BCUT2D eigenvalue weighted by molar-refractivity contribution is 14.1. The molecule has 0 heterocycles. The van der Waals surface area contributed by atoms with Crippen LogP contribution in [0.3, 0.4) is 0 Å². The molecule has 0 saturated carbocycles. The number of benzene rings is 3. The predicted molar refractivity (Wildman–Crippen MR) is 126 cm³/mol. The number of halogens is 2. The minimum absolute atomic E-state index is 0.132. The average Bonchev–Trinajstić information content (AvgIpc) is 2.78. The van der Waals surface area contributed by atoms with E-state index in [0.717, 1.165) is 0 Å². The second kappa shape index (κ2) is 10.8. The van der Waals surface area contributed by atoms with Crippen molar-refractivity contribution in [1.82, 2.24) is 5.32 Å². The number of amides is 1. The summed E-state index contributed by atoms with van der Waals surface area (Å²) in [5.74, 6) is -1.35. The van der Waals surface area contributed by atoms with Gasteiger partial charge in [0, 0.05) is 5.56 Å². The predicted octanol–water partition coefficient (Wildman–Crippen LogP) is 4.87. The topological polar surface area (TPSA) is 84.9 Å². The van der Waals surface area contributed by atoms with Crippen LogP contribution < -0.4 is 14.8 Å². The first-order chi connectivity index (χ1) is 15.4. The molecule has 0 aliphatic carbocycles. The quantitative estimate of drug-likeness (QED) is 0.311. The number of carboxylic acid groups (broad SMARTS) is 1. The molecule has 0 aliphatic rings.